The number of benzene rings is 2. The zero-order valence-electron chi connectivity index (χ0n) is 13.6. The second kappa shape index (κ2) is 7.57. The van der Waals surface area contributed by atoms with Crippen LogP contribution in [0.2, 0.25) is 0 Å². The summed E-state index contributed by atoms with van der Waals surface area (Å²) in [6.45, 7) is 2.33. The van der Waals surface area contributed by atoms with E-state index in [2.05, 4.69) is 5.32 Å². The highest BCUT2D eigenvalue weighted by molar-refractivity contribution is 6.01. The van der Waals surface area contributed by atoms with Crippen LogP contribution >= 0.6 is 0 Å². The first-order chi connectivity index (χ1) is 11.8. The zero-order chi connectivity index (χ0) is 18.6. The summed E-state index contributed by atoms with van der Waals surface area (Å²) in [7, 11) is 0. The molecule has 0 saturated heterocycles. The molecule has 2 aromatic carbocycles. The van der Waals surface area contributed by atoms with Crippen LogP contribution in [0.25, 0.3) is 0 Å². The van der Waals surface area contributed by atoms with Crippen LogP contribution in [0.3, 0.4) is 0 Å². The van der Waals surface area contributed by atoms with E-state index >= 15 is 0 Å². The van der Waals surface area contributed by atoms with E-state index < -0.39 is 30.1 Å². The van der Waals surface area contributed by atoms with Gasteiger partial charge in [-0.15, -0.1) is 0 Å². The number of aromatic hydroxyl groups is 1. The summed E-state index contributed by atoms with van der Waals surface area (Å²) in [5.41, 5.74) is 0.782. The topological polar surface area (TPSA) is 92.7 Å². The van der Waals surface area contributed by atoms with Gasteiger partial charge in [0.15, 0.2) is 12.4 Å². The highest BCUT2D eigenvalue weighted by Crippen LogP contribution is 2.24. The molecule has 0 atom stereocenters. The van der Waals surface area contributed by atoms with E-state index in [-0.39, 0.29) is 22.6 Å². The molecule has 0 spiro atoms. The third-order valence-electron chi connectivity index (χ3n) is 3.38. The predicted molar refractivity (Wildman–Crippen MR) is 88.2 cm³/mol. The van der Waals surface area contributed by atoms with Gasteiger partial charge in [-0.05, 0) is 42.8 Å². The number of carbonyl (C=O) groups is 3. The Hall–Kier alpha value is -3.22. The second-order valence-corrected chi connectivity index (χ2v) is 5.37. The number of hydrogen-bond donors (Lipinski definition) is 2. The molecular formula is C18H16FNO5. The van der Waals surface area contributed by atoms with E-state index in [1.54, 1.807) is 6.92 Å². The molecule has 0 aromatic heterocycles. The number of nitrogens with one attached hydrogen (secondary N) is 1. The first-order valence-electron chi connectivity index (χ1n) is 7.35. The van der Waals surface area contributed by atoms with Crippen molar-refractivity contribution in [3.63, 3.8) is 0 Å². The summed E-state index contributed by atoms with van der Waals surface area (Å²) in [6, 6.07) is 7.56. The third kappa shape index (κ3) is 4.63. The second-order valence-electron chi connectivity index (χ2n) is 5.37. The molecule has 1 amide bonds. The van der Waals surface area contributed by atoms with Gasteiger partial charge in [-0.1, -0.05) is 6.07 Å². The van der Waals surface area contributed by atoms with Gasteiger partial charge in [0.05, 0.1) is 11.3 Å². The number of Topliss-reactive ketones (excluding diaryl/α,β-unsaturated/α-hetero) is 1. The lowest BCUT2D eigenvalue weighted by atomic mass is 10.1. The molecule has 0 bridgehead atoms. The molecular weight excluding hydrogens is 329 g/mol. The van der Waals surface area contributed by atoms with E-state index in [4.69, 9.17) is 4.74 Å². The Bertz CT molecular complexity index is 847. The van der Waals surface area contributed by atoms with Crippen molar-refractivity contribution in [3.05, 3.63) is 58.9 Å². The number of phenolic OH excluding ortho intramolecular Hbond substituents is 1. The van der Waals surface area contributed by atoms with Crippen LogP contribution in [-0.2, 0) is 9.53 Å². The SMILES string of the molecule is CC(=O)Nc1cc(C(=O)COC(=O)c2cc(F)ccc2C)ccc1O. The largest absolute Gasteiger partial charge is 0.506 e. The minimum atomic E-state index is -0.814. The number of anilines is 1. The normalized spacial score (nSPS) is 10.2. The fourth-order valence-electron chi connectivity index (χ4n) is 2.11. The molecule has 0 unspecified atom stereocenters. The van der Waals surface area contributed by atoms with Gasteiger partial charge in [0.2, 0.25) is 5.91 Å². The molecule has 0 aliphatic rings. The number of carbonyl (C=O) groups excluding carboxylic acids is 3. The van der Waals surface area contributed by atoms with Gasteiger partial charge in [-0.2, -0.15) is 0 Å². The molecule has 130 valence electrons. The summed E-state index contributed by atoms with van der Waals surface area (Å²) >= 11 is 0. The number of amides is 1. The van der Waals surface area contributed by atoms with Crippen LogP contribution in [0.4, 0.5) is 10.1 Å². The number of esters is 1. The first kappa shape index (κ1) is 18.1. The standard InChI is InChI=1S/C18H16FNO5/c1-10-3-5-13(19)8-14(10)18(24)25-9-17(23)12-4-6-16(22)15(7-12)20-11(2)21/h3-8,22H,9H2,1-2H3,(H,20,21). The number of aryl methyl sites for hydroxylation is 1. The van der Waals surface area contributed by atoms with Crippen LogP contribution in [0, 0.1) is 12.7 Å². The van der Waals surface area contributed by atoms with Crippen molar-refractivity contribution in [1.82, 2.24) is 0 Å². The molecule has 0 saturated carbocycles. The Morgan fingerprint density at radius 1 is 1.16 bits per heavy atom. The van der Waals surface area contributed by atoms with Crippen molar-refractivity contribution in [2.45, 2.75) is 13.8 Å². The van der Waals surface area contributed by atoms with E-state index in [0.29, 0.717) is 5.56 Å². The minimum Gasteiger partial charge on any atom is -0.506 e. The highest BCUT2D eigenvalue weighted by Gasteiger charge is 2.16. The monoisotopic (exact) mass is 345 g/mol. The van der Waals surface area contributed by atoms with E-state index in [0.717, 1.165) is 6.07 Å². The van der Waals surface area contributed by atoms with Gasteiger partial charge in [0.1, 0.15) is 11.6 Å². The van der Waals surface area contributed by atoms with Crippen molar-refractivity contribution in [3.8, 4) is 5.75 Å². The van der Waals surface area contributed by atoms with Crippen molar-refractivity contribution in [1.29, 1.82) is 0 Å². The third-order valence-corrected chi connectivity index (χ3v) is 3.38. The molecule has 7 heteroatoms. The van der Waals surface area contributed by atoms with Crippen molar-refractivity contribution >= 4 is 23.3 Å². The van der Waals surface area contributed by atoms with E-state index in [1.807, 2.05) is 0 Å². The predicted octanol–water partition coefficient (Wildman–Crippen LogP) is 2.84. The zero-order valence-corrected chi connectivity index (χ0v) is 13.6. The Balaban J connectivity index is 2.08. The average molecular weight is 345 g/mol. The number of rotatable bonds is 5. The maximum absolute atomic E-state index is 13.2. The van der Waals surface area contributed by atoms with Crippen LogP contribution in [0.15, 0.2) is 36.4 Å². The lowest BCUT2D eigenvalue weighted by molar-refractivity contribution is -0.114. The van der Waals surface area contributed by atoms with Gasteiger partial charge in [-0.25, -0.2) is 9.18 Å². The van der Waals surface area contributed by atoms with E-state index in [1.165, 1.54) is 37.3 Å². The molecule has 6 nitrogen and oxygen atoms in total. The maximum Gasteiger partial charge on any atom is 0.338 e. The lowest BCUT2D eigenvalue weighted by Gasteiger charge is -2.09. The van der Waals surface area contributed by atoms with Gasteiger partial charge in [0.25, 0.3) is 0 Å². The average Bonchev–Trinajstić information content (AvgIpc) is 2.56. The Labute approximate surface area is 143 Å². The van der Waals surface area contributed by atoms with Crippen LogP contribution < -0.4 is 5.32 Å². The Morgan fingerprint density at radius 2 is 1.88 bits per heavy atom. The number of phenols is 1. The quantitative estimate of drug-likeness (QED) is 0.494. The van der Waals surface area contributed by atoms with Gasteiger partial charge in [0, 0.05) is 12.5 Å². The molecule has 2 N–H and O–H groups in total. The number of ketones is 1. The van der Waals surface area contributed by atoms with Gasteiger partial charge >= 0.3 is 5.97 Å². The van der Waals surface area contributed by atoms with Crippen LogP contribution in [0.5, 0.6) is 5.75 Å². The number of halogens is 1. The van der Waals surface area contributed by atoms with Crippen molar-refractivity contribution in [2.75, 3.05) is 11.9 Å². The molecule has 0 aliphatic carbocycles. The Morgan fingerprint density at radius 3 is 2.56 bits per heavy atom. The Kier molecular flexibility index (Phi) is 5.49. The first-order valence-corrected chi connectivity index (χ1v) is 7.35. The lowest BCUT2D eigenvalue weighted by Crippen LogP contribution is -2.15. The van der Waals surface area contributed by atoms with Gasteiger partial charge in [-0.3, -0.25) is 9.59 Å². The minimum absolute atomic E-state index is 0.0393. The van der Waals surface area contributed by atoms with Crippen molar-refractivity contribution in [2.24, 2.45) is 0 Å². The van der Waals surface area contributed by atoms with Crippen molar-refractivity contribution < 1.29 is 28.6 Å². The molecule has 0 aliphatic heterocycles. The molecule has 25 heavy (non-hydrogen) atoms. The molecule has 2 aromatic rings. The van der Waals surface area contributed by atoms with Gasteiger partial charge < -0.3 is 15.2 Å². The number of hydrogen-bond acceptors (Lipinski definition) is 5. The smallest absolute Gasteiger partial charge is 0.338 e. The fraction of sp³-hybridized carbons (Fsp3) is 0.167. The molecule has 0 heterocycles. The van der Waals surface area contributed by atoms with E-state index in [9.17, 15) is 23.9 Å². The number of ether oxygens (including phenoxy) is 1. The van der Waals surface area contributed by atoms with Crippen LogP contribution in [0.1, 0.15) is 33.2 Å². The molecule has 0 radical (unpaired) electrons. The summed E-state index contributed by atoms with van der Waals surface area (Å²) in [5.74, 6) is -2.53. The van der Waals surface area contributed by atoms with Crippen LogP contribution in [-0.4, -0.2) is 29.4 Å². The summed E-state index contributed by atoms with van der Waals surface area (Å²) in [4.78, 5) is 35.2. The molecule has 2 rings (SSSR count). The summed E-state index contributed by atoms with van der Waals surface area (Å²) in [5, 5.41) is 12.0. The fourth-order valence-corrected chi connectivity index (χ4v) is 2.11. The highest BCUT2D eigenvalue weighted by atomic mass is 19.1. The summed E-state index contributed by atoms with van der Waals surface area (Å²) in [6.07, 6.45) is 0. The maximum atomic E-state index is 13.2. The summed E-state index contributed by atoms with van der Waals surface area (Å²) < 4.78 is 18.2. The molecule has 0 fully saturated rings.